The third kappa shape index (κ3) is 2.32. The monoisotopic (exact) mass is 330 g/mol. The highest BCUT2D eigenvalue weighted by Gasteiger charge is 2.25. The topological polar surface area (TPSA) is 50.7 Å². The van der Waals surface area contributed by atoms with E-state index in [1.807, 2.05) is 42.5 Å². The summed E-state index contributed by atoms with van der Waals surface area (Å²) < 4.78 is 6.02. The molecule has 0 fully saturated rings. The zero-order chi connectivity index (χ0) is 14.1. The second kappa shape index (κ2) is 5.09. The maximum absolute atomic E-state index is 12.0. The lowest BCUT2D eigenvalue weighted by molar-refractivity contribution is -0.110. The molecule has 0 spiro atoms. The van der Waals surface area contributed by atoms with Gasteiger partial charge in [-0.25, -0.2) is 4.99 Å². The van der Waals surface area contributed by atoms with E-state index in [9.17, 15) is 4.79 Å². The molecule has 4 nitrogen and oxygen atoms in total. The number of aliphatic imine (C=N–C) groups is 1. The third-order valence-corrected chi connectivity index (χ3v) is 3.51. The average molecular weight is 331 g/mol. The number of carbonyl (C=O) groups excluding carboxylic acids is 1. The van der Waals surface area contributed by atoms with Gasteiger partial charge in [0.05, 0.1) is 18.5 Å². The van der Waals surface area contributed by atoms with Crippen LogP contribution in [0.15, 0.2) is 51.9 Å². The number of methoxy groups -OCH3 is 1. The first-order valence-corrected chi connectivity index (χ1v) is 6.81. The highest BCUT2D eigenvalue weighted by atomic mass is 79.9. The Morgan fingerprint density at radius 2 is 1.90 bits per heavy atom. The molecule has 0 unspecified atom stereocenters. The van der Waals surface area contributed by atoms with E-state index in [2.05, 4.69) is 26.2 Å². The molecule has 0 saturated carbocycles. The lowest BCUT2D eigenvalue weighted by Crippen LogP contribution is -2.13. The molecule has 0 aliphatic carbocycles. The second-order valence-corrected chi connectivity index (χ2v) is 5.22. The number of amides is 1. The fourth-order valence-corrected chi connectivity index (χ4v) is 2.39. The first kappa shape index (κ1) is 12.9. The molecular formula is C15H11BrN2O2. The average Bonchev–Trinajstić information content (AvgIpc) is 2.75. The van der Waals surface area contributed by atoms with Gasteiger partial charge >= 0.3 is 0 Å². The summed E-state index contributed by atoms with van der Waals surface area (Å²) in [6, 6.07) is 12.9. The van der Waals surface area contributed by atoms with E-state index >= 15 is 0 Å². The summed E-state index contributed by atoms with van der Waals surface area (Å²) in [5, 5.41) is 2.81. The summed E-state index contributed by atoms with van der Waals surface area (Å²) in [4.78, 5) is 16.4. The van der Waals surface area contributed by atoms with Gasteiger partial charge in [-0.15, -0.1) is 0 Å². The summed E-state index contributed by atoms with van der Waals surface area (Å²) >= 11 is 3.38. The summed E-state index contributed by atoms with van der Waals surface area (Å²) in [6.45, 7) is 0. The van der Waals surface area contributed by atoms with E-state index in [4.69, 9.17) is 4.74 Å². The summed E-state index contributed by atoms with van der Waals surface area (Å²) in [5.41, 5.74) is 2.73. The van der Waals surface area contributed by atoms with Gasteiger partial charge in [-0.05, 0) is 42.5 Å². The Kier molecular flexibility index (Phi) is 3.28. The number of benzene rings is 2. The van der Waals surface area contributed by atoms with E-state index in [1.165, 1.54) is 0 Å². The van der Waals surface area contributed by atoms with Crippen molar-refractivity contribution in [3.8, 4) is 5.75 Å². The molecule has 1 heterocycles. The highest BCUT2D eigenvalue weighted by Crippen LogP contribution is 2.29. The van der Waals surface area contributed by atoms with Crippen LogP contribution in [-0.2, 0) is 4.79 Å². The first-order chi connectivity index (χ1) is 9.67. The molecule has 0 saturated heterocycles. The van der Waals surface area contributed by atoms with Crippen LogP contribution in [0.4, 0.5) is 11.4 Å². The lowest BCUT2D eigenvalue weighted by Gasteiger charge is -2.01. The Labute approximate surface area is 124 Å². The van der Waals surface area contributed by atoms with E-state index in [0.717, 1.165) is 21.5 Å². The zero-order valence-electron chi connectivity index (χ0n) is 10.7. The van der Waals surface area contributed by atoms with Crippen LogP contribution in [0, 0.1) is 0 Å². The SMILES string of the molecule is COc1ccc(N=C2C(=O)Nc3cc(Br)ccc32)cc1. The number of carbonyl (C=O) groups is 1. The predicted molar refractivity (Wildman–Crippen MR) is 82.0 cm³/mol. The van der Waals surface area contributed by atoms with Crippen molar-refractivity contribution in [3.63, 3.8) is 0 Å². The van der Waals surface area contributed by atoms with E-state index in [0.29, 0.717) is 11.4 Å². The van der Waals surface area contributed by atoms with Crippen molar-refractivity contribution in [2.75, 3.05) is 12.4 Å². The van der Waals surface area contributed by atoms with Crippen LogP contribution in [0.2, 0.25) is 0 Å². The van der Waals surface area contributed by atoms with Crippen LogP contribution in [0.5, 0.6) is 5.75 Å². The van der Waals surface area contributed by atoms with Gasteiger partial charge in [-0.3, -0.25) is 4.79 Å². The molecule has 1 aliphatic heterocycles. The second-order valence-electron chi connectivity index (χ2n) is 4.30. The smallest absolute Gasteiger partial charge is 0.275 e. The molecule has 100 valence electrons. The summed E-state index contributed by atoms with van der Waals surface area (Å²) in [7, 11) is 1.61. The van der Waals surface area contributed by atoms with E-state index < -0.39 is 0 Å². The van der Waals surface area contributed by atoms with Crippen molar-refractivity contribution in [3.05, 3.63) is 52.5 Å². The summed E-state index contributed by atoms with van der Waals surface area (Å²) in [6.07, 6.45) is 0. The van der Waals surface area contributed by atoms with Gasteiger partial charge in [0.15, 0.2) is 0 Å². The van der Waals surface area contributed by atoms with Crippen LogP contribution in [0.25, 0.3) is 0 Å². The van der Waals surface area contributed by atoms with Crippen LogP contribution in [0.3, 0.4) is 0 Å². The Morgan fingerprint density at radius 1 is 1.15 bits per heavy atom. The first-order valence-electron chi connectivity index (χ1n) is 6.01. The Morgan fingerprint density at radius 3 is 2.60 bits per heavy atom. The van der Waals surface area contributed by atoms with Gasteiger partial charge in [0.2, 0.25) is 0 Å². The Hall–Kier alpha value is -2.14. The minimum absolute atomic E-state index is 0.186. The number of hydrogen-bond donors (Lipinski definition) is 1. The molecule has 5 heteroatoms. The third-order valence-electron chi connectivity index (χ3n) is 3.01. The lowest BCUT2D eigenvalue weighted by atomic mass is 10.1. The normalized spacial score (nSPS) is 15.1. The maximum Gasteiger partial charge on any atom is 0.275 e. The van der Waals surface area contributed by atoms with Crippen LogP contribution in [-0.4, -0.2) is 18.7 Å². The standard InChI is InChI=1S/C15H11BrN2O2/c1-20-11-5-3-10(4-6-11)17-14-12-7-2-9(16)8-13(12)18-15(14)19/h2-8H,1H3,(H,17,18,19). The predicted octanol–water partition coefficient (Wildman–Crippen LogP) is 3.53. The van der Waals surface area contributed by atoms with Crippen LogP contribution >= 0.6 is 15.9 Å². The van der Waals surface area contributed by atoms with Crippen molar-refractivity contribution in [1.29, 1.82) is 0 Å². The van der Waals surface area contributed by atoms with Crippen molar-refractivity contribution < 1.29 is 9.53 Å². The minimum Gasteiger partial charge on any atom is -0.497 e. The van der Waals surface area contributed by atoms with Crippen LogP contribution < -0.4 is 10.1 Å². The molecule has 20 heavy (non-hydrogen) atoms. The van der Waals surface area contributed by atoms with Gasteiger partial charge in [-0.1, -0.05) is 15.9 Å². The van der Waals surface area contributed by atoms with Gasteiger partial charge in [-0.2, -0.15) is 0 Å². The molecule has 0 atom stereocenters. The number of rotatable bonds is 2. The molecule has 1 aliphatic rings. The molecule has 0 radical (unpaired) electrons. The van der Waals surface area contributed by atoms with Gasteiger partial charge in [0.1, 0.15) is 11.5 Å². The number of nitrogens with zero attached hydrogens (tertiary/aromatic N) is 1. The van der Waals surface area contributed by atoms with Gasteiger partial charge in [0.25, 0.3) is 5.91 Å². The highest BCUT2D eigenvalue weighted by molar-refractivity contribution is 9.10. The van der Waals surface area contributed by atoms with Crippen molar-refractivity contribution in [2.24, 2.45) is 4.99 Å². The molecule has 1 N–H and O–H groups in total. The fourth-order valence-electron chi connectivity index (χ4n) is 2.03. The Bertz CT molecular complexity index is 708. The summed E-state index contributed by atoms with van der Waals surface area (Å²) in [5.74, 6) is 0.572. The zero-order valence-corrected chi connectivity index (χ0v) is 12.3. The van der Waals surface area contributed by atoms with E-state index in [1.54, 1.807) is 7.11 Å². The van der Waals surface area contributed by atoms with Crippen molar-refractivity contribution in [1.82, 2.24) is 0 Å². The number of hydrogen-bond acceptors (Lipinski definition) is 3. The number of fused-ring (bicyclic) bond motifs is 1. The quantitative estimate of drug-likeness (QED) is 0.915. The Balaban J connectivity index is 2.01. The largest absolute Gasteiger partial charge is 0.497 e. The molecule has 3 rings (SSSR count). The molecule has 1 amide bonds. The number of ether oxygens (including phenoxy) is 1. The van der Waals surface area contributed by atoms with Gasteiger partial charge in [0, 0.05) is 10.0 Å². The number of nitrogens with one attached hydrogen (secondary N) is 1. The maximum atomic E-state index is 12.0. The van der Waals surface area contributed by atoms with Crippen LogP contribution in [0.1, 0.15) is 5.56 Å². The molecular weight excluding hydrogens is 320 g/mol. The van der Waals surface area contributed by atoms with E-state index in [-0.39, 0.29) is 5.91 Å². The minimum atomic E-state index is -0.186. The number of anilines is 1. The van der Waals surface area contributed by atoms with Crippen molar-refractivity contribution in [2.45, 2.75) is 0 Å². The molecule has 0 bridgehead atoms. The molecule has 2 aromatic rings. The number of halogens is 1. The fraction of sp³-hybridized carbons (Fsp3) is 0.0667. The molecule has 0 aromatic heterocycles. The molecule has 2 aromatic carbocycles. The van der Waals surface area contributed by atoms with Gasteiger partial charge < -0.3 is 10.1 Å². The van der Waals surface area contributed by atoms with Crippen molar-refractivity contribution >= 4 is 38.9 Å².